The van der Waals surface area contributed by atoms with Crippen molar-refractivity contribution in [3.8, 4) is 5.75 Å². The van der Waals surface area contributed by atoms with Gasteiger partial charge in [0.05, 0.1) is 23.7 Å². The fraction of sp³-hybridized carbons (Fsp3) is 0.0714. The number of pyridine rings is 1. The number of hydrogen-bond acceptors (Lipinski definition) is 6. The lowest BCUT2D eigenvalue weighted by atomic mass is 10.2. The SMILES string of the molecule is COc1ccc(N(C(=O)O)c2ncccc2C=O)c([N+](=O)[O-])c1. The van der Waals surface area contributed by atoms with Crippen LogP contribution in [0.25, 0.3) is 0 Å². The van der Waals surface area contributed by atoms with Crippen LogP contribution in [0.2, 0.25) is 0 Å². The van der Waals surface area contributed by atoms with Crippen LogP contribution in [-0.2, 0) is 0 Å². The number of nitro groups is 1. The zero-order valence-corrected chi connectivity index (χ0v) is 11.9. The first-order valence-electron chi connectivity index (χ1n) is 6.25. The monoisotopic (exact) mass is 317 g/mol. The molecule has 0 aliphatic heterocycles. The average molecular weight is 317 g/mol. The fourth-order valence-corrected chi connectivity index (χ4v) is 1.96. The molecule has 0 saturated heterocycles. The Morgan fingerprint density at radius 3 is 2.74 bits per heavy atom. The summed E-state index contributed by atoms with van der Waals surface area (Å²) in [5.41, 5.74) is -0.751. The van der Waals surface area contributed by atoms with E-state index in [0.29, 0.717) is 11.2 Å². The predicted octanol–water partition coefficient (Wildman–Crippen LogP) is 2.63. The molecule has 23 heavy (non-hydrogen) atoms. The number of hydrogen-bond donors (Lipinski definition) is 1. The van der Waals surface area contributed by atoms with Gasteiger partial charge in [-0.05, 0) is 24.3 Å². The molecule has 0 atom stereocenters. The van der Waals surface area contributed by atoms with Gasteiger partial charge in [0.15, 0.2) is 12.1 Å². The molecule has 2 rings (SSSR count). The molecule has 1 aromatic heterocycles. The fourth-order valence-electron chi connectivity index (χ4n) is 1.96. The third-order valence-corrected chi connectivity index (χ3v) is 2.97. The summed E-state index contributed by atoms with van der Waals surface area (Å²) >= 11 is 0. The van der Waals surface area contributed by atoms with Crippen LogP contribution < -0.4 is 9.64 Å². The topological polar surface area (TPSA) is 123 Å². The van der Waals surface area contributed by atoms with Crippen LogP contribution in [0.4, 0.5) is 22.0 Å². The molecule has 0 aliphatic carbocycles. The van der Waals surface area contributed by atoms with Crippen LogP contribution >= 0.6 is 0 Å². The maximum absolute atomic E-state index is 11.6. The summed E-state index contributed by atoms with van der Waals surface area (Å²) in [4.78, 5) is 37.6. The van der Waals surface area contributed by atoms with Crippen LogP contribution in [0.1, 0.15) is 10.4 Å². The Bertz CT molecular complexity index is 777. The number of benzene rings is 1. The molecule has 1 heterocycles. The number of amides is 1. The van der Waals surface area contributed by atoms with Gasteiger partial charge in [0.25, 0.3) is 5.69 Å². The predicted molar refractivity (Wildman–Crippen MR) is 79.4 cm³/mol. The minimum atomic E-state index is -1.51. The molecule has 9 heteroatoms. The lowest BCUT2D eigenvalue weighted by molar-refractivity contribution is -0.384. The molecule has 0 fully saturated rings. The summed E-state index contributed by atoms with van der Waals surface area (Å²) < 4.78 is 4.91. The van der Waals surface area contributed by atoms with Crippen LogP contribution in [0.15, 0.2) is 36.5 Å². The first kappa shape index (κ1) is 15.9. The standard InChI is InChI=1S/C14H11N3O6/c1-23-10-4-5-11(12(7-10)17(21)22)16(14(19)20)13-9(8-18)3-2-6-15-13/h2-8H,1H3,(H,19,20). The third-order valence-electron chi connectivity index (χ3n) is 2.97. The highest BCUT2D eigenvalue weighted by Crippen LogP contribution is 2.36. The zero-order chi connectivity index (χ0) is 17.0. The second-order valence-corrected chi connectivity index (χ2v) is 4.26. The zero-order valence-electron chi connectivity index (χ0n) is 11.9. The van der Waals surface area contributed by atoms with E-state index in [-0.39, 0.29) is 22.8 Å². The van der Waals surface area contributed by atoms with Crippen LogP contribution in [0.5, 0.6) is 5.75 Å². The number of carboxylic acid groups (broad SMARTS) is 1. The van der Waals surface area contributed by atoms with E-state index in [2.05, 4.69) is 4.98 Å². The molecule has 1 N–H and O–H groups in total. The number of rotatable bonds is 5. The van der Waals surface area contributed by atoms with Crippen molar-refractivity contribution < 1.29 is 24.4 Å². The van der Waals surface area contributed by atoms with E-state index >= 15 is 0 Å². The lowest BCUT2D eigenvalue weighted by Gasteiger charge is -2.19. The number of nitrogens with zero attached hydrogens (tertiary/aromatic N) is 3. The van der Waals surface area contributed by atoms with E-state index in [9.17, 15) is 24.8 Å². The number of anilines is 2. The van der Waals surface area contributed by atoms with Crippen LogP contribution in [0, 0.1) is 10.1 Å². The van der Waals surface area contributed by atoms with Gasteiger partial charge < -0.3 is 9.84 Å². The summed E-state index contributed by atoms with van der Waals surface area (Å²) in [5, 5.41) is 20.7. The Balaban J connectivity index is 2.70. The largest absolute Gasteiger partial charge is 0.496 e. The van der Waals surface area contributed by atoms with Crippen molar-refractivity contribution in [2.24, 2.45) is 0 Å². The highest BCUT2D eigenvalue weighted by atomic mass is 16.6. The molecule has 0 saturated carbocycles. The maximum Gasteiger partial charge on any atom is 0.417 e. The molecule has 2 aromatic rings. The minimum Gasteiger partial charge on any atom is -0.496 e. The second-order valence-electron chi connectivity index (χ2n) is 4.26. The normalized spacial score (nSPS) is 9.96. The summed E-state index contributed by atoms with van der Waals surface area (Å²) in [5.74, 6) is -0.0225. The summed E-state index contributed by atoms with van der Waals surface area (Å²) in [6, 6.07) is 6.50. The first-order chi connectivity index (χ1) is 11.0. The molecule has 1 amide bonds. The van der Waals surface area contributed by atoms with E-state index < -0.39 is 16.7 Å². The van der Waals surface area contributed by atoms with Gasteiger partial charge in [0.1, 0.15) is 11.4 Å². The Kier molecular flexibility index (Phi) is 4.50. The van der Waals surface area contributed by atoms with Crippen molar-refractivity contribution in [1.29, 1.82) is 0 Å². The maximum atomic E-state index is 11.6. The molecular weight excluding hydrogens is 306 g/mol. The van der Waals surface area contributed by atoms with E-state index in [1.807, 2.05) is 0 Å². The average Bonchev–Trinajstić information content (AvgIpc) is 2.55. The van der Waals surface area contributed by atoms with Gasteiger partial charge in [0, 0.05) is 6.20 Å². The number of ether oxygens (including phenoxy) is 1. The summed E-state index contributed by atoms with van der Waals surface area (Å²) in [6.07, 6.45) is 0.196. The van der Waals surface area contributed by atoms with E-state index in [1.165, 1.54) is 37.6 Å². The minimum absolute atomic E-state index is 0.0139. The Morgan fingerprint density at radius 1 is 1.43 bits per heavy atom. The molecular formula is C14H11N3O6. The quantitative estimate of drug-likeness (QED) is 0.510. The molecule has 1 aromatic carbocycles. The number of carbonyl (C=O) groups excluding carboxylic acids is 1. The van der Waals surface area contributed by atoms with E-state index in [1.54, 1.807) is 0 Å². The lowest BCUT2D eigenvalue weighted by Crippen LogP contribution is -2.26. The van der Waals surface area contributed by atoms with Crippen LogP contribution in [0.3, 0.4) is 0 Å². The number of aromatic nitrogens is 1. The number of methoxy groups -OCH3 is 1. The molecule has 0 aliphatic rings. The Hall–Kier alpha value is -3.49. The Labute approximate surface area is 129 Å². The van der Waals surface area contributed by atoms with Crippen LogP contribution in [-0.4, -0.2) is 34.5 Å². The van der Waals surface area contributed by atoms with Gasteiger partial charge in [-0.15, -0.1) is 0 Å². The molecule has 9 nitrogen and oxygen atoms in total. The van der Waals surface area contributed by atoms with Crippen molar-refractivity contribution in [3.63, 3.8) is 0 Å². The van der Waals surface area contributed by atoms with E-state index in [0.717, 1.165) is 6.07 Å². The van der Waals surface area contributed by atoms with E-state index in [4.69, 9.17) is 4.74 Å². The smallest absolute Gasteiger partial charge is 0.417 e. The van der Waals surface area contributed by atoms with Gasteiger partial charge in [-0.2, -0.15) is 0 Å². The second kappa shape index (κ2) is 6.52. The van der Waals surface area contributed by atoms with Gasteiger partial charge in [-0.25, -0.2) is 14.7 Å². The van der Waals surface area contributed by atoms with Gasteiger partial charge in [0.2, 0.25) is 0 Å². The molecule has 0 unspecified atom stereocenters. The summed E-state index contributed by atoms with van der Waals surface area (Å²) in [7, 11) is 1.33. The molecule has 0 radical (unpaired) electrons. The van der Waals surface area contributed by atoms with Crippen molar-refractivity contribution in [2.75, 3.05) is 12.0 Å². The first-order valence-corrected chi connectivity index (χ1v) is 6.25. The van der Waals surface area contributed by atoms with Gasteiger partial charge in [-0.1, -0.05) is 0 Å². The van der Waals surface area contributed by atoms with Crippen molar-refractivity contribution >= 4 is 29.6 Å². The third kappa shape index (κ3) is 3.07. The molecule has 0 bridgehead atoms. The van der Waals surface area contributed by atoms with Gasteiger partial charge >= 0.3 is 6.09 Å². The highest BCUT2D eigenvalue weighted by Gasteiger charge is 2.28. The number of carbonyl (C=O) groups is 2. The van der Waals surface area contributed by atoms with Crippen molar-refractivity contribution in [3.05, 3.63) is 52.2 Å². The number of nitro benzene ring substituents is 1. The van der Waals surface area contributed by atoms with Crippen molar-refractivity contribution in [2.45, 2.75) is 0 Å². The molecule has 0 spiro atoms. The summed E-state index contributed by atoms with van der Waals surface area (Å²) in [6.45, 7) is 0. The highest BCUT2D eigenvalue weighted by molar-refractivity contribution is 6.00. The molecule has 118 valence electrons. The number of aldehydes is 1. The van der Waals surface area contributed by atoms with Crippen molar-refractivity contribution in [1.82, 2.24) is 4.98 Å². The van der Waals surface area contributed by atoms with Gasteiger partial charge in [-0.3, -0.25) is 14.9 Å². The Morgan fingerprint density at radius 2 is 2.17 bits per heavy atom.